The number of carbonyl (C=O) groups is 1. The van der Waals surface area contributed by atoms with Crippen LogP contribution in [0, 0.1) is 13.8 Å². The van der Waals surface area contributed by atoms with Crippen molar-refractivity contribution < 1.29 is 14.1 Å². The average Bonchev–Trinajstić information content (AvgIpc) is 3.16. The van der Waals surface area contributed by atoms with E-state index < -0.39 is 0 Å². The molecule has 0 aliphatic carbocycles. The lowest BCUT2D eigenvalue weighted by molar-refractivity contribution is -0.0657. The molecule has 1 fully saturated rings. The number of ether oxygens (including phenoxy) is 1. The largest absolute Gasteiger partial charge is 0.367 e. The summed E-state index contributed by atoms with van der Waals surface area (Å²) < 4.78 is 11.2. The molecule has 1 aliphatic rings. The van der Waals surface area contributed by atoms with E-state index in [1.807, 2.05) is 38.0 Å². The lowest BCUT2D eigenvalue weighted by atomic mass is 10.1. The minimum Gasteiger partial charge on any atom is -0.367 e. The second-order valence-electron chi connectivity index (χ2n) is 6.31. The maximum absolute atomic E-state index is 12.7. The molecule has 0 radical (unpaired) electrons. The number of rotatable bonds is 3. The van der Waals surface area contributed by atoms with Crippen LogP contribution in [-0.2, 0) is 4.74 Å². The van der Waals surface area contributed by atoms with Gasteiger partial charge in [0.25, 0.3) is 0 Å². The van der Waals surface area contributed by atoms with Crippen molar-refractivity contribution in [3.8, 4) is 0 Å². The zero-order valence-electron chi connectivity index (χ0n) is 14.4. The Morgan fingerprint density at radius 1 is 1.46 bits per heavy atom. The van der Waals surface area contributed by atoms with E-state index in [9.17, 15) is 4.79 Å². The van der Waals surface area contributed by atoms with E-state index in [1.54, 1.807) is 11.3 Å². The molecule has 2 amide bonds. The first-order chi connectivity index (χ1) is 11.5. The summed E-state index contributed by atoms with van der Waals surface area (Å²) in [6, 6.07) is 1.81. The maximum Gasteiger partial charge on any atom is 0.318 e. The van der Waals surface area contributed by atoms with Crippen LogP contribution in [0.15, 0.2) is 21.3 Å². The Morgan fingerprint density at radius 2 is 2.25 bits per heavy atom. The molecule has 6 nitrogen and oxygen atoms in total. The van der Waals surface area contributed by atoms with Crippen molar-refractivity contribution >= 4 is 17.4 Å². The number of nitrogens with zero attached hydrogens (tertiary/aromatic N) is 2. The minimum atomic E-state index is -0.151. The van der Waals surface area contributed by atoms with Gasteiger partial charge >= 0.3 is 6.03 Å². The molecule has 1 N–H and O–H groups in total. The monoisotopic (exact) mass is 349 g/mol. The molecule has 0 saturated carbocycles. The molecule has 0 unspecified atom stereocenters. The Morgan fingerprint density at radius 3 is 2.88 bits per heavy atom. The van der Waals surface area contributed by atoms with Crippen molar-refractivity contribution in [2.75, 3.05) is 13.1 Å². The van der Waals surface area contributed by atoms with Gasteiger partial charge in [0, 0.05) is 12.1 Å². The van der Waals surface area contributed by atoms with Gasteiger partial charge in [-0.15, -0.1) is 0 Å². The summed E-state index contributed by atoms with van der Waals surface area (Å²) in [4.78, 5) is 14.5. The SMILES string of the molecule is Cc1noc(C)c1[C@H](C)NC(=O)N1C[C@@H](C)O[C@@H](c2ccsc2)C1. The zero-order valence-corrected chi connectivity index (χ0v) is 15.2. The summed E-state index contributed by atoms with van der Waals surface area (Å²) in [7, 11) is 0. The fourth-order valence-electron chi connectivity index (χ4n) is 3.22. The molecule has 3 atom stereocenters. The van der Waals surface area contributed by atoms with Gasteiger partial charge in [0.1, 0.15) is 11.9 Å². The number of morpholine rings is 1. The molecule has 3 heterocycles. The third kappa shape index (κ3) is 3.47. The predicted molar refractivity (Wildman–Crippen MR) is 92.1 cm³/mol. The van der Waals surface area contributed by atoms with E-state index in [4.69, 9.17) is 9.26 Å². The normalized spacial score (nSPS) is 22.4. The van der Waals surface area contributed by atoms with Crippen LogP contribution in [-0.4, -0.2) is 35.3 Å². The highest BCUT2D eigenvalue weighted by Crippen LogP contribution is 2.27. The fourth-order valence-corrected chi connectivity index (χ4v) is 3.92. The van der Waals surface area contributed by atoms with Gasteiger partial charge in [0.15, 0.2) is 0 Å². The van der Waals surface area contributed by atoms with Crippen LogP contribution in [0.3, 0.4) is 0 Å². The smallest absolute Gasteiger partial charge is 0.318 e. The molecule has 1 aliphatic heterocycles. The van der Waals surface area contributed by atoms with E-state index in [1.165, 1.54) is 0 Å². The molecule has 2 aromatic heterocycles. The number of carbonyl (C=O) groups excluding carboxylic acids is 1. The number of thiophene rings is 1. The van der Waals surface area contributed by atoms with Crippen molar-refractivity contribution in [3.05, 3.63) is 39.4 Å². The number of urea groups is 1. The quantitative estimate of drug-likeness (QED) is 0.919. The van der Waals surface area contributed by atoms with E-state index in [0.717, 1.165) is 22.6 Å². The van der Waals surface area contributed by atoms with Gasteiger partial charge in [-0.2, -0.15) is 11.3 Å². The van der Waals surface area contributed by atoms with Crippen molar-refractivity contribution in [1.82, 2.24) is 15.4 Å². The van der Waals surface area contributed by atoms with Gasteiger partial charge in [-0.3, -0.25) is 0 Å². The summed E-state index contributed by atoms with van der Waals surface area (Å²) >= 11 is 1.64. The molecule has 7 heteroatoms. The van der Waals surface area contributed by atoms with Gasteiger partial charge in [0.05, 0.1) is 24.4 Å². The number of aromatic nitrogens is 1. The predicted octanol–water partition coefficient (Wildman–Crippen LogP) is 3.59. The summed E-state index contributed by atoms with van der Waals surface area (Å²) in [5.41, 5.74) is 2.88. The molecule has 3 rings (SSSR count). The van der Waals surface area contributed by atoms with E-state index in [-0.39, 0.29) is 24.3 Å². The Hall–Kier alpha value is -1.86. The van der Waals surface area contributed by atoms with Crippen LogP contribution in [0.4, 0.5) is 4.79 Å². The van der Waals surface area contributed by atoms with E-state index in [2.05, 4.69) is 21.9 Å². The lowest BCUT2D eigenvalue weighted by Crippen LogP contribution is -2.50. The third-order valence-electron chi connectivity index (χ3n) is 4.32. The highest BCUT2D eigenvalue weighted by atomic mass is 32.1. The second-order valence-corrected chi connectivity index (χ2v) is 7.09. The van der Waals surface area contributed by atoms with Crippen LogP contribution in [0.1, 0.15) is 48.6 Å². The van der Waals surface area contributed by atoms with Gasteiger partial charge in [-0.25, -0.2) is 4.79 Å². The zero-order chi connectivity index (χ0) is 17.3. The van der Waals surface area contributed by atoms with Crippen LogP contribution < -0.4 is 5.32 Å². The summed E-state index contributed by atoms with van der Waals surface area (Å²) in [5.74, 6) is 0.742. The van der Waals surface area contributed by atoms with Crippen molar-refractivity contribution in [2.24, 2.45) is 0 Å². The molecule has 130 valence electrons. The van der Waals surface area contributed by atoms with Crippen LogP contribution in [0.2, 0.25) is 0 Å². The maximum atomic E-state index is 12.7. The molecule has 1 saturated heterocycles. The molecule has 24 heavy (non-hydrogen) atoms. The molecular formula is C17H23N3O3S. The Balaban J connectivity index is 1.68. The fraction of sp³-hybridized carbons (Fsp3) is 0.529. The van der Waals surface area contributed by atoms with E-state index >= 15 is 0 Å². The first-order valence-corrected chi connectivity index (χ1v) is 9.05. The molecular weight excluding hydrogens is 326 g/mol. The Labute approximate surface area is 145 Å². The molecule has 0 aromatic carbocycles. The second kappa shape index (κ2) is 6.94. The molecule has 2 aromatic rings. The molecule has 0 bridgehead atoms. The van der Waals surface area contributed by atoms with Gasteiger partial charge in [-0.05, 0) is 50.1 Å². The number of hydrogen-bond donors (Lipinski definition) is 1. The number of amides is 2. The standard InChI is InChI=1S/C17H23N3O3S/c1-10-7-20(8-15(22-10)14-5-6-24-9-14)17(21)18-11(2)16-12(3)19-23-13(16)4/h5-6,9-11,15H,7-8H2,1-4H3,(H,18,21)/t10-,11+,15-/m1/s1. The third-order valence-corrected chi connectivity index (χ3v) is 5.03. The topological polar surface area (TPSA) is 67.6 Å². The summed E-state index contributed by atoms with van der Waals surface area (Å²) in [6.45, 7) is 8.84. The van der Waals surface area contributed by atoms with Gasteiger partial charge in [0.2, 0.25) is 0 Å². The van der Waals surface area contributed by atoms with Crippen molar-refractivity contribution in [3.63, 3.8) is 0 Å². The number of aryl methyl sites for hydroxylation is 2. The average molecular weight is 349 g/mol. The van der Waals surface area contributed by atoms with Gasteiger partial charge in [-0.1, -0.05) is 5.16 Å². The first kappa shape index (κ1) is 17.0. The lowest BCUT2D eigenvalue weighted by Gasteiger charge is -2.37. The highest BCUT2D eigenvalue weighted by Gasteiger charge is 2.30. The highest BCUT2D eigenvalue weighted by molar-refractivity contribution is 7.07. The van der Waals surface area contributed by atoms with Crippen molar-refractivity contribution in [1.29, 1.82) is 0 Å². The van der Waals surface area contributed by atoms with Crippen molar-refractivity contribution in [2.45, 2.75) is 45.9 Å². The van der Waals surface area contributed by atoms with Crippen LogP contribution >= 0.6 is 11.3 Å². The number of hydrogen-bond acceptors (Lipinski definition) is 5. The number of nitrogens with one attached hydrogen (secondary N) is 1. The first-order valence-electron chi connectivity index (χ1n) is 8.11. The van der Waals surface area contributed by atoms with Crippen LogP contribution in [0.25, 0.3) is 0 Å². The van der Waals surface area contributed by atoms with Gasteiger partial charge < -0.3 is 19.5 Å². The Bertz CT molecular complexity index is 679. The van der Waals surface area contributed by atoms with Crippen LogP contribution in [0.5, 0.6) is 0 Å². The minimum absolute atomic E-state index is 0.00349. The van der Waals surface area contributed by atoms with E-state index in [0.29, 0.717) is 13.1 Å². The summed E-state index contributed by atoms with van der Waals surface area (Å²) in [6.07, 6.45) is -0.0658. The Kier molecular flexibility index (Phi) is 4.91. The summed E-state index contributed by atoms with van der Waals surface area (Å²) in [5, 5.41) is 11.1. The molecule has 0 spiro atoms.